The second-order valence-electron chi connectivity index (χ2n) is 14.1. The number of H-pyrrole nitrogens is 2. The Morgan fingerprint density at radius 3 is 1.52 bits per heavy atom. The predicted molar refractivity (Wildman–Crippen MR) is 223 cm³/mol. The van der Waals surface area contributed by atoms with Crippen molar-refractivity contribution in [1.82, 2.24) is 19.9 Å². The quantitative estimate of drug-likeness (QED) is 0.154. The molecule has 7 aromatic rings. The molecule has 2 aliphatic rings. The van der Waals surface area contributed by atoms with Crippen LogP contribution in [0.15, 0.2) is 128 Å². The molecule has 8 bridgehead atoms. The predicted octanol–water partition coefficient (Wildman–Crippen LogP) is 8.30. The summed E-state index contributed by atoms with van der Waals surface area (Å²) in [6, 6.07) is 36.6. The van der Waals surface area contributed by atoms with Gasteiger partial charge in [0.1, 0.15) is 26.2 Å². The molecule has 0 aliphatic carbocycles. The largest absolute Gasteiger partial charge is 0.355 e. The molecule has 8 heteroatoms. The molecule has 9 heterocycles. The standard InChI is InChI=1S/C48H44N8/c1-5-53-25-13-9-17-40(53)38-31-37-30-35-22-21-33(49-35)29-34-23-24-36(50-34)32-39-44(41-18-10-14-26-54(41)6-2)45(42-19-11-15-27-55(42)7-3)48(52-39)46(47(38)51-37)43-20-12-16-28-56(43)8-4/h9-32H,5-8H2,1-4H3/q+2/p+2. The van der Waals surface area contributed by atoms with Crippen LogP contribution < -0.4 is 18.3 Å². The van der Waals surface area contributed by atoms with Crippen molar-refractivity contribution < 1.29 is 18.3 Å². The van der Waals surface area contributed by atoms with Gasteiger partial charge < -0.3 is 9.97 Å². The molecule has 8 nitrogen and oxygen atoms in total. The number of rotatable bonds is 8. The Balaban J connectivity index is 1.59. The minimum absolute atomic E-state index is 0.785. The maximum Gasteiger partial charge on any atom is 0.216 e. The topological polar surface area (TPSA) is 72.9 Å². The van der Waals surface area contributed by atoms with Gasteiger partial charge >= 0.3 is 0 Å². The van der Waals surface area contributed by atoms with Crippen molar-refractivity contribution in [2.45, 2.75) is 53.9 Å². The summed E-state index contributed by atoms with van der Waals surface area (Å²) in [6.45, 7) is 12.0. The zero-order valence-corrected chi connectivity index (χ0v) is 32.4. The first-order chi connectivity index (χ1) is 27.6. The summed E-state index contributed by atoms with van der Waals surface area (Å²) in [4.78, 5) is 18.4. The molecule has 9 rings (SSSR count). The minimum atomic E-state index is 0.785. The Morgan fingerprint density at radius 2 is 0.946 bits per heavy atom. The van der Waals surface area contributed by atoms with E-state index in [1.807, 2.05) is 0 Å². The number of hydrogen-bond acceptors (Lipinski definition) is 2. The van der Waals surface area contributed by atoms with E-state index < -0.39 is 0 Å². The molecule has 0 aromatic carbocycles. The third-order valence-corrected chi connectivity index (χ3v) is 10.8. The van der Waals surface area contributed by atoms with Crippen molar-refractivity contribution in [2.75, 3.05) is 0 Å². The summed E-state index contributed by atoms with van der Waals surface area (Å²) >= 11 is 0. The fraction of sp³-hybridized carbons (Fsp3) is 0.167. The zero-order chi connectivity index (χ0) is 38.2. The van der Waals surface area contributed by atoms with Gasteiger partial charge in [-0.25, -0.2) is 9.97 Å². The van der Waals surface area contributed by atoms with Gasteiger partial charge in [-0.2, -0.15) is 18.3 Å². The summed E-state index contributed by atoms with van der Waals surface area (Å²) in [7, 11) is 0. The molecule has 2 aliphatic heterocycles. The zero-order valence-electron chi connectivity index (χ0n) is 32.4. The van der Waals surface area contributed by atoms with Crippen LogP contribution in [-0.4, -0.2) is 19.9 Å². The molecule has 56 heavy (non-hydrogen) atoms. The van der Waals surface area contributed by atoms with Gasteiger partial charge in [0.15, 0.2) is 24.8 Å². The van der Waals surface area contributed by atoms with Crippen LogP contribution in [0.2, 0.25) is 0 Å². The first kappa shape index (κ1) is 34.9. The normalized spacial score (nSPS) is 12.2. The second kappa shape index (κ2) is 14.8. The molecular formula is C48H46N8+4. The number of hydrogen-bond donors (Lipinski definition) is 2. The average Bonchev–Trinajstić information content (AvgIpc) is 4.05. The van der Waals surface area contributed by atoms with Crippen LogP contribution >= 0.6 is 0 Å². The maximum atomic E-state index is 5.61. The Kier molecular flexibility index (Phi) is 9.23. The van der Waals surface area contributed by atoms with Gasteiger partial charge in [-0.15, -0.1) is 0 Å². The number of fused-ring (bicyclic) bond motifs is 8. The lowest BCUT2D eigenvalue weighted by Crippen LogP contribution is -2.37. The lowest BCUT2D eigenvalue weighted by Gasteiger charge is -2.10. The number of aromatic amines is 2. The summed E-state index contributed by atoms with van der Waals surface area (Å²) in [6.07, 6.45) is 15.1. The van der Waals surface area contributed by atoms with Gasteiger partial charge in [0.2, 0.25) is 22.8 Å². The van der Waals surface area contributed by atoms with Crippen LogP contribution in [0.1, 0.15) is 56.2 Å². The molecule has 0 radical (unpaired) electrons. The molecule has 0 saturated heterocycles. The highest BCUT2D eigenvalue weighted by Gasteiger charge is 2.34. The highest BCUT2D eigenvalue weighted by molar-refractivity contribution is 6.08. The van der Waals surface area contributed by atoms with E-state index in [1.165, 1.54) is 0 Å². The molecule has 274 valence electrons. The molecule has 0 fully saturated rings. The first-order valence-corrected chi connectivity index (χ1v) is 19.7. The van der Waals surface area contributed by atoms with Crippen molar-refractivity contribution in [3.8, 4) is 33.8 Å². The monoisotopic (exact) mass is 734 g/mol. The SMILES string of the molecule is CC[n+]1ccccc1C1=Cc2cc3ccc(cc4nc(cc5[nH]c(c(-c6cccc[n+]6CC)c1n2)c(-c1cccc[n+]1CC)c5-c1cccc[n+]1CC)C=C4)[nH]3. The molecular weight excluding hydrogens is 689 g/mol. The number of aromatic nitrogens is 8. The maximum absolute atomic E-state index is 5.61. The highest BCUT2D eigenvalue weighted by atomic mass is 15.0. The van der Waals surface area contributed by atoms with E-state index in [0.29, 0.717) is 0 Å². The Hall–Kier alpha value is -6.80. The van der Waals surface area contributed by atoms with Crippen molar-refractivity contribution in [3.05, 3.63) is 156 Å². The van der Waals surface area contributed by atoms with E-state index in [0.717, 1.165) is 116 Å². The number of pyridine rings is 4. The number of nitrogens with one attached hydrogen (secondary N) is 2. The van der Waals surface area contributed by atoms with Crippen LogP contribution in [0.4, 0.5) is 0 Å². The second-order valence-corrected chi connectivity index (χ2v) is 14.1. The molecule has 0 unspecified atom stereocenters. The fourth-order valence-corrected chi connectivity index (χ4v) is 8.16. The van der Waals surface area contributed by atoms with Gasteiger partial charge in [0, 0.05) is 59.6 Å². The fourth-order valence-electron chi connectivity index (χ4n) is 8.16. The number of nitrogens with zero attached hydrogens (tertiary/aromatic N) is 6. The highest BCUT2D eigenvalue weighted by Crippen LogP contribution is 2.43. The van der Waals surface area contributed by atoms with Crippen molar-refractivity contribution >= 4 is 45.9 Å². The van der Waals surface area contributed by atoms with E-state index in [4.69, 9.17) is 9.97 Å². The lowest BCUT2D eigenvalue weighted by atomic mass is 9.95. The lowest BCUT2D eigenvalue weighted by molar-refractivity contribution is -0.695. The van der Waals surface area contributed by atoms with E-state index >= 15 is 0 Å². The summed E-state index contributed by atoms with van der Waals surface area (Å²) in [5.74, 6) is 0. The van der Waals surface area contributed by atoms with Gasteiger partial charge in [-0.05, 0) is 101 Å². The van der Waals surface area contributed by atoms with Gasteiger partial charge in [-0.3, -0.25) is 0 Å². The third kappa shape index (κ3) is 6.23. The average molecular weight is 735 g/mol. The van der Waals surface area contributed by atoms with Crippen molar-refractivity contribution in [1.29, 1.82) is 0 Å². The van der Waals surface area contributed by atoms with Crippen molar-refractivity contribution in [3.63, 3.8) is 0 Å². The minimum Gasteiger partial charge on any atom is -0.355 e. The van der Waals surface area contributed by atoms with Crippen molar-refractivity contribution in [2.24, 2.45) is 0 Å². The molecule has 2 N–H and O–H groups in total. The van der Waals surface area contributed by atoms with Crippen LogP contribution in [0, 0.1) is 0 Å². The van der Waals surface area contributed by atoms with Gasteiger partial charge in [-0.1, -0.05) is 0 Å². The van der Waals surface area contributed by atoms with E-state index in [1.54, 1.807) is 0 Å². The molecule has 0 saturated carbocycles. The Labute approximate surface area is 327 Å². The van der Waals surface area contributed by atoms with E-state index in [2.05, 4.69) is 202 Å². The summed E-state index contributed by atoms with van der Waals surface area (Å²) < 4.78 is 9.31. The Bertz CT molecular complexity index is 2870. The van der Waals surface area contributed by atoms with E-state index in [-0.39, 0.29) is 0 Å². The first-order valence-electron chi connectivity index (χ1n) is 19.7. The smallest absolute Gasteiger partial charge is 0.216 e. The summed E-state index contributed by atoms with van der Waals surface area (Å²) in [5, 5.41) is 0. The molecule has 0 atom stereocenters. The van der Waals surface area contributed by atoms with Crippen LogP contribution in [0.5, 0.6) is 0 Å². The summed E-state index contributed by atoms with van der Waals surface area (Å²) in [5.41, 5.74) is 16.2. The number of aryl methyl sites for hydroxylation is 4. The Morgan fingerprint density at radius 1 is 0.464 bits per heavy atom. The van der Waals surface area contributed by atoms with E-state index in [9.17, 15) is 0 Å². The molecule has 0 amide bonds. The van der Waals surface area contributed by atoms with Crippen LogP contribution in [0.3, 0.4) is 0 Å². The third-order valence-electron chi connectivity index (χ3n) is 10.8. The van der Waals surface area contributed by atoms with Gasteiger partial charge in [0.05, 0.1) is 56.1 Å². The molecule has 7 aromatic heterocycles. The van der Waals surface area contributed by atoms with Crippen LogP contribution in [0.25, 0.3) is 79.6 Å². The molecule has 0 spiro atoms. The van der Waals surface area contributed by atoms with Crippen LogP contribution in [-0.2, 0) is 26.2 Å². The van der Waals surface area contributed by atoms with Gasteiger partial charge in [0.25, 0.3) is 0 Å².